The van der Waals surface area contributed by atoms with Crippen LogP contribution in [0.1, 0.15) is 19.8 Å². The van der Waals surface area contributed by atoms with Crippen molar-refractivity contribution in [1.82, 2.24) is 0 Å². The normalized spacial score (nSPS) is 12.1. The van der Waals surface area contributed by atoms with Gasteiger partial charge in [-0.25, -0.2) is 0 Å². The first-order chi connectivity index (χ1) is 3.81. The summed E-state index contributed by atoms with van der Waals surface area (Å²) in [6, 6.07) is 0. The van der Waals surface area contributed by atoms with Crippen LogP contribution in [0.15, 0.2) is 0 Å². The fraction of sp³-hybridized carbons (Fsp3) is 0.571. The maximum Gasteiger partial charge on any atom is -0.0408 e. The van der Waals surface area contributed by atoms with Crippen LogP contribution in [-0.2, 0) is 0 Å². The van der Waals surface area contributed by atoms with Crippen molar-refractivity contribution in [3.8, 4) is 0 Å². The topological polar surface area (TPSA) is 4.36 Å². The second-order valence-electron chi connectivity index (χ2n) is 1.94. The zero-order valence-corrected chi connectivity index (χ0v) is 5.22. The van der Waals surface area contributed by atoms with E-state index in [1.54, 1.807) is 6.54 Å². The summed E-state index contributed by atoms with van der Waals surface area (Å²) in [5.74, 6) is 0.573. The van der Waals surface area contributed by atoms with Gasteiger partial charge in [-0.15, -0.1) is 0 Å². The van der Waals surface area contributed by atoms with Crippen LogP contribution < -0.4 is 0 Å². The van der Waals surface area contributed by atoms with E-state index in [-0.39, 0.29) is 0 Å². The van der Waals surface area contributed by atoms with Crippen LogP contribution in [0.3, 0.4) is 0 Å². The van der Waals surface area contributed by atoms with Gasteiger partial charge in [0.1, 0.15) is 0 Å². The van der Waals surface area contributed by atoms with Gasteiger partial charge >= 0.3 is 0 Å². The molecule has 0 heterocycles. The lowest BCUT2D eigenvalue weighted by atomic mass is 10.1. The highest BCUT2D eigenvalue weighted by Crippen LogP contribution is 2.07. The first-order valence-electron chi connectivity index (χ1n) is 2.78. The Morgan fingerprint density at radius 3 is 2.88 bits per heavy atom. The summed E-state index contributed by atoms with van der Waals surface area (Å²) in [6.07, 6.45) is 1.80. The Hall–Kier alpha value is -0.640. The van der Waals surface area contributed by atoms with Gasteiger partial charge in [0.15, 0.2) is 0 Å². The molecular formula is C7H11N-2. The zero-order valence-electron chi connectivity index (χ0n) is 5.22. The van der Waals surface area contributed by atoms with E-state index >= 15 is 0 Å². The van der Waals surface area contributed by atoms with Crippen LogP contribution in [0, 0.1) is 26.0 Å². The molecule has 0 aliphatic carbocycles. The Labute approximate surface area is 51.5 Å². The monoisotopic (exact) mass is 109 g/mol. The summed E-state index contributed by atoms with van der Waals surface area (Å²) in [6.45, 7) is 13.8. The van der Waals surface area contributed by atoms with E-state index in [2.05, 4.69) is 18.7 Å². The van der Waals surface area contributed by atoms with E-state index in [0.717, 1.165) is 12.8 Å². The minimum Gasteiger partial charge on any atom is -0.461 e. The molecule has 0 amide bonds. The highest BCUT2D eigenvalue weighted by atomic mass is 14.6. The Bertz CT molecular complexity index is 80.9. The predicted molar refractivity (Wildman–Crippen MR) is 34.7 cm³/mol. The molecule has 0 rings (SSSR count). The molecule has 0 aliphatic heterocycles. The average Bonchev–Trinajstić information content (AvgIpc) is 1.83. The number of nitrogens with zero attached hydrogens (tertiary/aromatic N) is 1. The van der Waals surface area contributed by atoms with E-state index in [9.17, 15) is 0 Å². The lowest BCUT2D eigenvalue weighted by Gasteiger charge is -2.10. The van der Waals surface area contributed by atoms with Gasteiger partial charge in [0.2, 0.25) is 0 Å². The molecule has 0 aliphatic rings. The number of hydrogen-bond donors (Lipinski definition) is 0. The standard InChI is InChI=1S/C7H11N/c1-4-7(2)5-6-8-3/h6-7H,1,4-5H2,2H3/q-2. The Balaban J connectivity index is 3.01. The lowest BCUT2D eigenvalue weighted by Crippen LogP contribution is -1.89. The van der Waals surface area contributed by atoms with Gasteiger partial charge in [-0.05, 0) is 6.54 Å². The average molecular weight is 109 g/mol. The van der Waals surface area contributed by atoms with Gasteiger partial charge in [-0.2, -0.15) is 6.42 Å². The van der Waals surface area contributed by atoms with Crippen molar-refractivity contribution in [3.63, 3.8) is 0 Å². The fourth-order valence-electron chi connectivity index (χ4n) is 0.351. The maximum atomic E-state index is 6.42. The van der Waals surface area contributed by atoms with Gasteiger partial charge in [0.05, 0.1) is 0 Å². The molecule has 0 aromatic carbocycles. The van der Waals surface area contributed by atoms with E-state index < -0.39 is 0 Å². The van der Waals surface area contributed by atoms with Crippen LogP contribution in [0.4, 0.5) is 0 Å². The van der Waals surface area contributed by atoms with Crippen molar-refractivity contribution in [2.75, 3.05) is 0 Å². The highest BCUT2D eigenvalue weighted by molar-refractivity contribution is 4.77. The molecular weight excluding hydrogens is 98.1 g/mol. The molecule has 0 N–H and O–H groups in total. The minimum atomic E-state index is 0.573. The van der Waals surface area contributed by atoms with Gasteiger partial charge in [-0.1, -0.05) is 19.3 Å². The molecule has 0 spiro atoms. The second-order valence-corrected chi connectivity index (χ2v) is 1.94. The number of rotatable bonds is 3. The first-order valence-corrected chi connectivity index (χ1v) is 2.78. The summed E-state index contributed by atoms with van der Waals surface area (Å²) in [7, 11) is 0. The molecule has 0 saturated carbocycles. The summed E-state index contributed by atoms with van der Waals surface area (Å²) < 4.78 is 0. The summed E-state index contributed by atoms with van der Waals surface area (Å²) in [4.78, 5) is 3.12. The molecule has 1 unspecified atom stereocenters. The van der Waals surface area contributed by atoms with Crippen LogP contribution in [0.5, 0.6) is 0 Å². The van der Waals surface area contributed by atoms with Crippen LogP contribution >= 0.6 is 0 Å². The highest BCUT2D eigenvalue weighted by Gasteiger charge is 1.86. The molecule has 1 atom stereocenters. The quantitative estimate of drug-likeness (QED) is 0.490. The van der Waals surface area contributed by atoms with Crippen LogP contribution in [0.25, 0.3) is 4.85 Å². The molecule has 0 bridgehead atoms. The Morgan fingerprint density at radius 2 is 2.50 bits per heavy atom. The third-order valence-corrected chi connectivity index (χ3v) is 1.09. The van der Waals surface area contributed by atoms with Gasteiger partial charge in [0, 0.05) is 0 Å². The third-order valence-electron chi connectivity index (χ3n) is 1.09. The third kappa shape index (κ3) is 3.55. The predicted octanol–water partition coefficient (Wildman–Crippen LogP) is 2.32. The molecule has 46 valence electrons. The number of hydrogen-bond acceptors (Lipinski definition) is 0. The molecule has 0 aromatic rings. The van der Waals surface area contributed by atoms with Crippen molar-refractivity contribution in [2.45, 2.75) is 19.8 Å². The summed E-state index contributed by atoms with van der Waals surface area (Å²) in [5, 5.41) is 0. The fourth-order valence-corrected chi connectivity index (χ4v) is 0.351. The SMILES string of the molecule is [C-]#[N+][CH-]CC(C)C[CH2-]. The molecule has 0 fully saturated rings. The lowest BCUT2D eigenvalue weighted by molar-refractivity contribution is 0.587. The molecule has 8 heavy (non-hydrogen) atoms. The maximum absolute atomic E-state index is 6.42. The Morgan fingerprint density at radius 1 is 1.88 bits per heavy atom. The summed E-state index contributed by atoms with van der Waals surface area (Å²) in [5.41, 5.74) is 0. The van der Waals surface area contributed by atoms with Crippen molar-refractivity contribution in [2.24, 2.45) is 5.92 Å². The van der Waals surface area contributed by atoms with Gasteiger partial charge < -0.3 is 11.8 Å². The molecule has 0 saturated heterocycles. The minimum absolute atomic E-state index is 0.573. The van der Waals surface area contributed by atoms with Gasteiger partial charge in [0.25, 0.3) is 0 Å². The zero-order chi connectivity index (χ0) is 6.41. The summed E-state index contributed by atoms with van der Waals surface area (Å²) >= 11 is 0. The van der Waals surface area contributed by atoms with E-state index in [1.165, 1.54) is 0 Å². The van der Waals surface area contributed by atoms with E-state index in [0.29, 0.717) is 5.92 Å². The molecule has 0 radical (unpaired) electrons. The van der Waals surface area contributed by atoms with E-state index in [4.69, 9.17) is 6.57 Å². The van der Waals surface area contributed by atoms with E-state index in [1.807, 2.05) is 0 Å². The molecule has 1 nitrogen and oxygen atoms in total. The first kappa shape index (κ1) is 7.36. The van der Waals surface area contributed by atoms with Gasteiger partial charge in [-0.3, -0.25) is 6.57 Å². The van der Waals surface area contributed by atoms with Crippen molar-refractivity contribution in [3.05, 3.63) is 24.9 Å². The smallest absolute Gasteiger partial charge is 0.0408 e. The van der Waals surface area contributed by atoms with Crippen LogP contribution in [0.2, 0.25) is 0 Å². The van der Waals surface area contributed by atoms with Crippen LogP contribution in [-0.4, -0.2) is 0 Å². The second kappa shape index (κ2) is 4.52. The molecule has 1 heteroatoms. The van der Waals surface area contributed by atoms with Crippen molar-refractivity contribution < 1.29 is 0 Å². The van der Waals surface area contributed by atoms with Crippen molar-refractivity contribution in [1.29, 1.82) is 0 Å². The Kier molecular flexibility index (Phi) is 4.16. The van der Waals surface area contributed by atoms with Crippen molar-refractivity contribution >= 4 is 0 Å². The largest absolute Gasteiger partial charge is 0.461 e. The molecule has 0 aromatic heterocycles.